The zero-order valence-corrected chi connectivity index (χ0v) is 16.3. The number of nitrogens with one attached hydrogen (secondary N) is 1. The van der Waals surface area contributed by atoms with Crippen LogP contribution < -0.4 is 5.32 Å². The van der Waals surface area contributed by atoms with Crippen LogP contribution in [0.5, 0.6) is 0 Å². The Morgan fingerprint density at radius 2 is 1.96 bits per heavy atom. The molecular formula is C18H29N3O3S. The lowest BCUT2D eigenvalue weighted by Gasteiger charge is -2.33. The van der Waals surface area contributed by atoms with Crippen LogP contribution in [0.15, 0.2) is 24.3 Å². The predicted molar refractivity (Wildman–Crippen MR) is 99.3 cm³/mol. The summed E-state index contributed by atoms with van der Waals surface area (Å²) in [6.07, 6.45) is 2.40. The van der Waals surface area contributed by atoms with Gasteiger partial charge in [0, 0.05) is 27.2 Å². The van der Waals surface area contributed by atoms with Crippen LogP contribution in [-0.2, 0) is 21.4 Å². The highest BCUT2D eigenvalue weighted by Crippen LogP contribution is 2.22. The summed E-state index contributed by atoms with van der Waals surface area (Å²) in [4.78, 5) is 12.6. The fourth-order valence-electron chi connectivity index (χ4n) is 3.05. The first-order chi connectivity index (χ1) is 11.8. The highest BCUT2D eigenvalue weighted by Gasteiger charge is 2.33. The second kappa shape index (κ2) is 8.29. The number of piperidine rings is 1. The standard InChI is InChI=1S/C18H29N3O3S/c1-5-15-8-10-16(11-9-15)14(2)19-18(22)17-7-6-12-21(13-17)25(23,24)20(3)4/h8-11,14,17H,5-7,12-13H2,1-4H3,(H,19,22)/t14-,17-/m0/s1. The molecule has 6 nitrogen and oxygen atoms in total. The minimum Gasteiger partial charge on any atom is -0.349 e. The average Bonchev–Trinajstić information content (AvgIpc) is 2.61. The van der Waals surface area contributed by atoms with Gasteiger partial charge in [0.25, 0.3) is 10.2 Å². The SMILES string of the molecule is CCc1ccc([C@H](C)NC(=O)[C@H]2CCCN(S(=O)(=O)N(C)C)C2)cc1. The summed E-state index contributed by atoms with van der Waals surface area (Å²) in [6.45, 7) is 4.78. The molecule has 1 saturated heterocycles. The normalized spacial score (nSPS) is 20.4. The second-order valence-electron chi connectivity index (χ2n) is 6.81. The number of carbonyl (C=O) groups is 1. The maximum absolute atomic E-state index is 12.6. The molecule has 0 unspecified atom stereocenters. The molecule has 1 heterocycles. The monoisotopic (exact) mass is 367 g/mol. The molecule has 0 aromatic heterocycles. The third-order valence-corrected chi connectivity index (χ3v) is 6.70. The van der Waals surface area contributed by atoms with Crippen molar-refractivity contribution in [3.05, 3.63) is 35.4 Å². The Morgan fingerprint density at radius 1 is 1.32 bits per heavy atom. The van der Waals surface area contributed by atoms with Crippen molar-refractivity contribution in [3.63, 3.8) is 0 Å². The van der Waals surface area contributed by atoms with Crippen molar-refractivity contribution in [2.24, 2.45) is 5.92 Å². The van der Waals surface area contributed by atoms with Crippen LogP contribution in [0.1, 0.15) is 43.9 Å². The number of carbonyl (C=O) groups excluding carboxylic acids is 1. The number of hydrogen-bond acceptors (Lipinski definition) is 3. The number of rotatable bonds is 6. The fourth-order valence-corrected chi connectivity index (χ4v) is 4.24. The van der Waals surface area contributed by atoms with Gasteiger partial charge in [-0.25, -0.2) is 0 Å². The molecule has 0 spiro atoms. The van der Waals surface area contributed by atoms with Crippen LogP contribution in [0.2, 0.25) is 0 Å². The van der Waals surface area contributed by atoms with Gasteiger partial charge >= 0.3 is 0 Å². The van der Waals surface area contributed by atoms with Crippen molar-refractivity contribution in [2.75, 3.05) is 27.2 Å². The molecule has 25 heavy (non-hydrogen) atoms. The van der Waals surface area contributed by atoms with Crippen molar-refractivity contribution < 1.29 is 13.2 Å². The first kappa shape index (κ1) is 19.9. The maximum atomic E-state index is 12.6. The van der Waals surface area contributed by atoms with E-state index in [1.807, 2.05) is 19.1 Å². The Labute approximate surface area is 151 Å². The first-order valence-electron chi connectivity index (χ1n) is 8.82. The number of benzene rings is 1. The lowest BCUT2D eigenvalue weighted by atomic mass is 9.97. The van der Waals surface area contributed by atoms with E-state index >= 15 is 0 Å². The molecule has 1 aliphatic rings. The van der Waals surface area contributed by atoms with Crippen LogP contribution in [-0.4, -0.2) is 50.1 Å². The Balaban J connectivity index is 1.99. The average molecular weight is 368 g/mol. The molecule has 2 atom stereocenters. The highest BCUT2D eigenvalue weighted by molar-refractivity contribution is 7.86. The van der Waals surface area contributed by atoms with Gasteiger partial charge in [-0.3, -0.25) is 4.79 Å². The van der Waals surface area contributed by atoms with Crippen molar-refractivity contribution in [2.45, 2.75) is 39.2 Å². The van der Waals surface area contributed by atoms with Crippen molar-refractivity contribution in [3.8, 4) is 0 Å². The quantitative estimate of drug-likeness (QED) is 0.835. The van der Waals surface area contributed by atoms with Gasteiger partial charge in [-0.1, -0.05) is 31.2 Å². The van der Waals surface area contributed by atoms with Crippen molar-refractivity contribution >= 4 is 16.1 Å². The number of nitrogens with zero attached hydrogens (tertiary/aromatic N) is 2. The summed E-state index contributed by atoms with van der Waals surface area (Å²) < 4.78 is 27.2. The lowest BCUT2D eigenvalue weighted by molar-refractivity contribution is -0.126. The molecule has 0 radical (unpaired) electrons. The van der Waals surface area contributed by atoms with Gasteiger partial charge in [-0.05, 0) is 37.3 Å². The van der Waals surface area contributed by atoms with E-state index < -0.39 is 10.2 Å². The molecule has 1 aromatic rings. The van der Waals surface area contributed by atoms with Crippen LogP contribution in [0.25, 0.3) is 0 Å². The summed E-state index contributed by atoms with van der Waals surface area (Å²) in [7, 11) is -0.438. The second-order valence-corrected chi connectivity index (χ2v) is 8.96. The molecule has 0 bridgehead atoms. The van der Waals surface area contributed by atoms with E-state index in [0.29, 0.717) is 19.4 Å². The van der Waals surface area contributed by atoms with Crippen LogP contribution in [0.4, 0.5) is 0 Å². The topological polar surface area (TPSA) is 69.7 Å². The molecule has 1 fully saturated rings. The van der Waals surface area contributed by atoms with Gasteiger partial charge in [-0.15, -0.1) is 0 Å². The van der Waals surface area contributed by atoms with E-state index in [0.717, 1.165) is 12.0 Å². The Bertz CT molecular complexity index is 686. The van der Waals surface area contributed by atoms with Gasteiger partial charge in [0.15, 0.2) is 0 Å². The number of aryl methyl sites for hydroxylation is 1. The van der Waals surface area contributed by atoms with Crippen LogP contribution in [0.3, 0.4) is 0 Å². The molecule has 0 saturated carbocycles. The Morgan fingerprint density at radius 3 is 2.52 bits per heavy atom. The summed E-state index contributed by atoms with van der Waals surface area (Å²) >= 11 is 0. The van der Waals surface area contributed by atoms with E-state index in [9.17, 15) is 13.2 Å². The zero-order valence-electron chi connectivity index (χ0n) is 15.5. The summed E-state index contributed by atoms with van der Waals surface area (Å²) in [5.41, 5.74) is 2.32. The molecule has 140 valence electrons. The number of amides is 1. The predicted octanol–water partition coefficient (Wildman–Crippen LogP) is 1.94. The van der Waals surface area contributed by atoms with Gasteiger partial charge in [-0.2, -0.15) is 17.0 Å². The van der Waals surface area contributed by atoms with Crippen LogP contribution in [0, 0.1) is 5.92 Å². The smallest absolute Gasteiger partial charge is 0.281 e. The van der Waals surface area contributed by atoms with Gasteiger partial charge in [0.05, 0.1) is 12.0 Å². The zero-order chi connectivity index (χ0) is 18.6. The Hall–Kier alpha value is -1.44. The van der Waals surface area contributed by atoms with Gasteiger partial charge in [0.2, 0.25) is 5.91 Å². The van der Waals surface area contributed by atoms with Gasteiger partial charge < -0.3 is 5.32 Å². The maximum Gasteiger partial charge on any atom is 0.281 e. The fraction of sp³-hybridized carbons (Fsp3) is 0.611. The molecule has 1 aliphatic heterocycles. The third kappa shape index (κ3) is 4.80. The van der Waals surface area contributed by atoms with Crippen molar-refractivity contribution in [1.82, 2.24) is 13.9 Å². The Kier molecular flexibility index (Phi) is 6.59. The van der Waals surface area contributed by atoms with E-state index in [2.05, 4.69) is 24.4 Å². The minimum atomic E-state index is -3.47. The lowest BCUT2D eigenvalue weighted by Crippen LogP contribution is -2.49. The first-order valence-corrected chi connectivity index (χ1v) is 10.2. The van der Waals surface area contributed by atoms with Crippen LogP contribution >= 0.6 is 0 Å². The molecule has 0 aliphatic carbocycles. The summed E-state index contributed by atoms with van der Waals surface area (Å²) in [6, 6.07) is 8.12. The van der Waals surface area contributed by atoms with E-state index in [1.54, 1.807) is 0 Å². The molecule has 1 amide bonds. The van der Waals surface area contributed by atoms with E-state index in [1.165, 1.54) is 28.3 Å². The van der Waals surface area contributed by atoms with Crippen molar-refractivity contribution in [1.29, 1.82) is 0 Å². The highest BCUT2D eigenvalue weighted by atomic mass is 32.2. The largest absolute Gasteiger partial charge is 0.349 e. The molecule has 1 N–H and O–H groups in total. The molecule has 7 heteroatoms. The molecular weight excluding hydrogens is 338 g/mol. The summed E-state index contributed by atoms with van der Waals surface area (Å²) in [5.74, 6) is -0.383. The minimum absolute atomic E-state index is 0.0780. The molecule has 2 rings (SSSR count). The third-order valence-electron chi connectivity index (χ3n) is 4.79. The van der Waals surface area contributed by atoms with E-state index in [-0.39, 0.29) is 24.4 Å². The van der Waals surface area contributed by atoms with E-state index in [4.69, 9.17) is 0 Å². The number of hydrogen-bond donors (Lipinski definition) is 1. The van der Waals surface area contributed by atoms with Gasteiger partial charge in [0.1, 0.15) is 0 Å². The summed E-state index contributed by atoms with van der Waals surface area (Å²) in [5, 5.41) is 3.03. The molecule has 1 aromatic carbocycles.